The second-order valence-electron chi connectivity index (χ2n) is 14.3. The fourth-order valence-electron chi connectivity index (χ4n) is 8.49. The lowest BCUT2D eigenvalue weighted by Gasteiger charge is -2.10. The predicted octanol–water partition coefficient (Wildman–Crippen LogP) is 13.4. The van der Waals surface area contributed by atoms with Gasteiger partial charge in [-0.05, 0) is 53.6 Å². The van der Waals surface area contributed by atoms with Gasteiger partial charge in [0.05, 0.1) is 22.3 Å². The van der Waals surface area contributed by atoms with E-state index < -0.39 is 0 Å². The van der Waals surface area contributed by atoms with Crippen molar-refractivity contribution in [3.05, 3.63) is 182 Å². The first-order chi connectivity index (χ1) is 28.3. The van der Waals surface area contributed by atoms with Crippen LogP contribution in [0.5, 0.6) is 0 Å². The molecule has 0 N–H and O–H groups in total. The highest BCUT2D eigenvalue weighted by molar-refractivity contribution is 6.16. The molecule has 0 amide bonds. The summed E-state index contributed by atoms with van der Waals surface area (Å²) in [4.78, 5) is 15.4. The summed E-state index contributed by atoms with van der Waals surface area (Å²) in [6.07, 6.45) is 0. The predicted molar refractivity (Wildman–Crippen MR) is 230 cm³/mol. The topological polar surface area (TPSA) is 69.9 Å². The van der Waals surface area contributed by atoms with Crippen LogP contribution in [0, 0.1) is 0 Å². The molecule has 6 nitrogen and oxygen atoms in total. The quantitative estimate of drug-likeness (QED) is 0.176. The molecule has 6 heteroatoms. The Morgan fingerprint density at radius 3 is 1.81 bits per heavy atom. The summed E-state index contributed by atoms with van der Waals surface area (Å²) in [7, 11) is 0. The van der Waals surface area contributed by atoms with Crippen LogP contribution in [0.1, 0.15) is 0 Å². The first-order valence-electron chi connectivity index (χ1n) is 19.0. The van der Waals surface area contributed by atoms with Crippen LogP contribution in [-0.2, 0) is 0 Å². The highest BCUT2D eigenvalue weighted by Gasteiger charge is 2.23. The molecule has 0 unspecified atom stereocenters. The molecule has 0 aliphatic carbocycles. The van der Waals surface area contributed by atoms with Gasteiger partial charge < -0.3 is 13.4 Å². The molecule has 8 aromatic carbocycles. The molecule has 0 aliphatic rings. The highest BCUT2D eigenvalue weighted by atomic mass is 16.3. The van der Waals surface area contributed by atoms with Gasteiger partial charge in [-0.3, -0.25) is 0 Å². The second-order valence-corrected chi connectivity index (χ2v) is 14.3. The first-order valence-corrected chi connectivity index (χ1v) is 19.0. The Labute approximate surface area is 325 Å². The van der Waals surface area contributed by atoms with Crippen molar-refractivity contribution in [2.45, 2.75) is 0 Å². The Bertz CT molecular complexity index is 3530. The summed E-state index contributed by atoms with van der Waals surface area (Å²) in [6, 6.07) is 62.6. The maximum absolute atomic E-state index is 6.87. The van der Waals surface area contributed by atoms with Crippen molar-refractivity contribution < 1.29 is 8.83 Å². The number of aromatic nitrogens is 4. The third kappa shape index (κ3) is 4.87. The minimum Gasteiger partial charge on any atom is -0.455 e. The van der Waals surface area contributed by atoms with Crippen LogP contribution in [0.15, 0.2) is 191 Å². The SMILES string of the molecule is c1ccc(-c2ccc3c(c2)c2ccccc2n3-c2cccc3c2oc2cccc(-c4nc(-c5ccccc5)nc(-c5cccc6c5oc5ccccc56)n4)c23)cc1. The lowest BCUT2D eigenvalue weighted by atomic mass is 10.0. The molecule has 0 saturated carbocycles. The molecule has 4 heterocycles. The zero-order chi connectivity index (χ0) is 37.5. The molecule has 12 rings (SSSR count). The monoisotopic (exact) mass is 730 g/mol. The maximum atomic E-state index is 6.87. The van der Waals surface area contributed by atoms with E-state index in [0.29, 0.717) is 17.5 Å². The zero-order valence-corrected chi connectivity index (χ0v) is 30.4. The van der Waals surface area contributed by atoms with E-state index in [1.807, 2.05) is 72.8 Å². The molecule has 0 bridgehead atoms. The molecule has 0 fully saturated rings. The standard InChI is InChI=1S/C51H30N4O2/c1-3-14-31(15-4-1)33-28-29-42-40(30-33)34-18-7-9-24-41(34)55(42)43-25-12-21-37-46-38(22-13-27-45(46)57-48(37)43)50-52-49(32-16-5-2-6-17-32)53-51(54-50)39-23-11-20-36-35-19-8-10-26-44(35)56-47(36)39/h1-30H. The largest absolute Gasteiger partial charge is 0.455 e. The number of nitrogens with zero attached hydrogens (tertiary/aromatic N) is 4. The summed E-state index contributed by atoms with van der Waals surface area (Å²) in [5.74, 6) is 1.67. The number of fused-ring (bicyclic) bond motifs is 9. The van der Waals surface area contributed by atoms with E-state index in [-0.39, 0.29) is 0 Å². The van der Waals surface area contributed by atoms with Gasteiger partial charge in [-0.25, -0.2) is 15.0 Å². The maximum Gasteiger partial charge on any atom is 0.167 e. The lowest BCUT2D eigenvalue weighted by molar-refractivity contribution is 0.666. The summed E-state index contributed by atoms with van der Waals surface area (Å²) >= 11 is 0. The number of para-hydroxylation sites is 4. The Morgan fingerprint density at radius 1 is 0.351 bits per heavy atom. The molecule has 0 radical (unpaired) electrons. The Kier molecular flexibility index (Phi) is 6.83. The van der Waals surface area contributed by atoms with Crippen molar-refractivity contribution in [3.8, 4) is 51.0 Å². The number of furan rings is 2. The van der Waals surface area contributed by atoms with Crippen LogP contribution in [0.3, 0.4) is 0 Å². The molecular weight excluding hydrogens is 701 g/mol. The molecule has 0 saturated heterocycles. The van der Waals surface area contributed by atoms with Gasteiger partial charge in [0.25, 0.3) is 0 Å². The Morgan fingerprint density at radius 2 is 0.947 bits per heavy atom. The summed E-state index contributed by atoms with van der Waals surface area (Å²) in [5.41, 5.74) is 11.2. The van der Waals surface area contributed by atoms with E-state index in [1.165, 1.54) is 21.9 Å². The molecular formula is C51H30N4O2. The summed E-state index contributed by atoms with van der Waals surface area (Å²) in [5, 5.41) is 6.36. The molecule has 57 heavy (non-hydrogen) atoms. The molecule has 4 aromatic heterocycles. The fourth-order valence-corrected chi connectivity index (χ4v) is 8.49. The van der Waals surface area contributed by atoms with Gasteiger partial charge in [0, 0.05) is 43.4 Å². The number of benzene rings is 8. The summed E-state index contributed by atoms with van der Waals surface area (Å²) in [6.45, 7) is 0. The van der Waals surface area contributed by atoms with Gasteiger partial charge >= 0.3 is 0 Å². The van der Waals surface area contributed by atoms with Gasteiger partial charge in [-0.1, -0.05) is 140 Å². The number of hydrogen-bond acceptors (Lipinski definition) is 5. The minimum absolute atomic E-state index is 0.536. The van der Waals surface area contributed by atoms with E-state index in [9.17, 15) is 0 Å². The Balaban J connectivity index is 1.09. The average Bonchev–Trinajstić information content (AvgIpc) is 3.96. The first kappa shape index (κ1) is 31.5. The van der Waals surface area contributed by atoms with Crippen molar-refractivity contribution in [3.63, 3.8) is 0 Å². The highest BCUT2D eigenvalue weighted by Crippen LogP contribution is 2.42. The molecule has 0 atom stereocenters. The van der Waals surface area contributed by atoms with Crippen LogP contribution >= 0.6 is 0 Å². The summed E-state index contributed by atoms with van der Waals surface area (Å²) < 4.78 is 15.7. The van der Waals surface area contributed by atoms with Crippen molar-refractivity contribution in [1.82, 2.24) is 19.5 Å². The van der Waals surface area contributed by atoms with E-state index in [2.05, 4.69) is 114 Å². The van der Waals surface area contributed by atoms with Crippen LogP contribution in [0.2, 0.25) is 0 Å². The van der Waals surface area contributed by atoms with Gasteiger partial charge in [-0.2, -0.15) is 0 Å². The zero-order valence-electron chi connectivity index (χ0n) is 30.4. The molecule has 0 aliphatic heterocycles. The number of rotatable bonds is 5. The van der Waals surface area contributed by atoms with E-state index in [0.717, 1.165) is 77.3 Å². The van der Waals surface area contributed by atoms with Crippen LogP contribution in [0.4, 0.5) is 0 Å². The van der Waals surface area contributed by atoms with Crippen molar-refractivity contribution in [2.75, 3.05) is 0 Å². The lowest BCUT2D eigenvalue weighted by Crippen LogP contribution is -2.00. The van der Waals surface area contributed by atoms with Crippen LogP contribution < -0.4 is 0 Å². The molecule has 0 spiro atoms. The smallest absolute Gasteiger partial charge is 0.167 e. The Hall–Kier alpha value is -7.83. The van der Waals surface area contributed by atoms with E-state index in [4.69, 9.17) is 23.8 Å². The molecule has 266 valence electrons. The minimum atomic E-state index is 0.536. The van der Waals surface area contributed by atoms with Crippen molar-refractivity contribution >= 4 is 65.7 Å². The van der Waals surface area contributed by atoms with E-state index >= 15 is 0 Å². The van der Waals surface area contributed by atoms with Gasteiger partial charge in [0.15, 0.2) is 23.1 Å². The van der Waals surface area contributed by atoms with Crippen molar-refractivity contribution in [1.29, 1.82) is 0 Å². The molecule has 12 aromatic rings. The van der Waals surface area contributed by atoms with Crippen LogP contribution in [-0.4, -0.2) is 19.5 Å². The number of hydrogen-bond donors (Lipinski definition) is 0. The van der Waals surface area contributed by atoms with Crippen molar-refractivity contribution in [2.24, 2.45) is 0 Å². The third-order valence-corrected chi connectivity index (χ3v) is 11.1. The van der Waals surface area contributed by atoms with Gasteiger partial charge in [0.2, 0.25) is 0 Å². The normalized spacial score (nSPS) is 11.9. The van der Waals surface area contributed by atoms with Crippen LogP contribution in [0.25, 0.3) is 117 Å². The average molecular weight is 731 g/mol. The van der Waals surface area contributed by atoms with Gasteiger partial charge in [0.1, 0.15) is 16.7 Å². The fraction of sp³-hybridized carbons (Fsp3) is 0. The second kappa shape index (κ2) is 12.3. The van der Waals surface area contributed by atoms with Gasteiger partial charge in [-0.15, -0.1) is 0 Å². The van der Waals surface area contributed by atoms with E-state index in [1.54, 1.807) is 0 Å². The third-order valence-electron chi connectivity index (χ3n) is 11.1.